The van der Waals surface area contributed by atoms with E-state index in [9.17, 15) is 13.2 Å². The highest BCUT2D eigenvalue weighted by Gasteiger charge is 2.30. The molecule has 2 heterocycles. The third-order valence-corrected chi connectivity index (χ3v) is 6.00. The number of carboxylic acid groups (broad SMARTS) is 1. The van der Waals surface area contributed by atoms with Crippen molar-refractivity contribution in [3.05, 3.63) is 37.9 Å². The minimum Gasteiger partial charge on any atom is -0.478 e. The Kier molecular flexibility index (Phi) is 4.57. The van der Waals surface area contributed by atoms with Gasteiger partial charge >= 0.3 is 5.97 Å². The molecule has 0 radical (unpaired) electrons. The summed E-state index contributed by atoms with van der Waals surface area (Å²) in [6, 6.07) is 1.79. The van der Waals surface area contributed by atoms with Crippen molar-refractivity contribution in [3.63, 3.8) is 0 Å². The Labute approximate surface area is 134 Å². The van der Waals surface area contributed by atoms with Crippen LogP contribution in [0.1, 0.15) is 26.8 Å². The highest BCUT2D eigenvalue weighted by atomic mass is 79.9. The first kappa shape index (κ1) is 16.2. The van der Waals surface area contributed by atoms with Crippen molar-refractivity contribution in [2.75, 3.05) is 0 Å². The van der Waals surface area contributed by atoms with Gasteiger partial charge < -0.3 is 9.52 Å². The summed E-state index contributed by atoms with van der Waals surface area (Å²) < 4.78 is 33.1. The van der Waals surface area contributed by atoms with Crippen LogP contribution >= 0.6 is 27.3 Å². The Bertz CT molecular complexity index is 791. The first-order valence-electron chi connectivity index (χ1n) is 5.78. The number of furan rings is 1. The van der Waals surface area contributed by atoms with Gasteiger partial charge in [-0.3, -0.25) is 0 Å². The second kappa shape index (κ2) is 5.91. The van der Waals surface area contributed by atoms with Gasteiger partial charge in [-0.25, -0.2) is 17.9 Å². The summed E-state index contributed by atoms with van der Waals surface area (Å²) in [5.41, 5.74) is -0.327. The summed E-state index contributed by atoms with van der Waals surface area (Å²) in [7, 11) is -3.97. The molecule has 2 aromatic rings. The molecule has 0 aliphatic rings. The molecule has 2 N–H and O–H groups in total. The molecule has 9 heteroatoms. The first-order chi connectivity index (χ1) is 9.72. The predicted molar refractivity (Wildman–Crippen MR) is 81.2 cm³/mol. The molecule has 2 aromatic heterocycles. The number of hydrogen-bond acceptors (Lipinski definition) is 5. The molecule has 0 saturated carbocycles. The normalized spacial score (nSPS) is 11.8. The van der Waals surface area contributed by atoms with Crippen molar-refractivity contribution in [2.45, 2.75) is 25.3 Å². The van der Waals surface area contributed by atoms with Gasteiger partial charge in [0, 0.05) is 21.3 Å². The Hall–Kier alpha value is -1.16. The van der Waals surface area contributed by atoms with E-state index < -0.39 is 16.0 Å². The Balaban J connectivity index is 2.34. The van der Waals surface area contributed by atoms with Crippen LogP contribution in [0.5, 0.6) is 0 Å². The maximum absolute atomic E-state index is 12.3. The molecule has 0 fully saturated rings. The average Bonchev–Trinajstić information content (AvgIpc) is 2.90. The van der Waals surface area contributed by atoms with Crippen LogP contribution in [-0.4, -0.2) is 19.5 Å². The summed E-state index contributed by atoms with van der Waals surface area (Å²) in [5.74, 6) is -1.20. The highest BCUT2D eigenvalue weighted by Crippen LogP contribution is 2.27. The van der Waals surface area contributed by atoms with Crippen LogP contribution in [0.15, 0.2) is 25.2 Å². The van der Waals surface area contributed by atoms with E-state index in [2.05, 4.69) is 20.7 Å². The molecular weight excluding hydrogens is 382 g/mol. The minimum absolute atomic E-state index is 0.0600. The van der Waals surface area contributed by atoms with Crippen LogP contribution in [0, 0.1) is 13.8 Å². The largest absolute Gasteiger partial charge is 0.478 e. The van der Waals surface area contributed by atoms with E-state index in [0.717, 1.165) is 9.35 Å². The molecule has 0 atom stereocenters. The molecule has 0 saturated heterocycles. The molecule has 0 aliphatic heterocycles. The molecule has 0 spiro atoms. The van der Waals surface area contributed by atoms with Crippen LogP contribution in [0.25, 0.3) is 0 Å². The molecule has 0 bridgehead atoms. The molecular formula is C12H12BrNO5S2. The van der Waals surface area contributed by atoms with Gasteiger partial charge in [0.1, 0.15) is 22.0 Å². The number of aryl methyl sites for hydroxylation is 2. The zero-order valence-corrected chi connectivity index (χ0v) is 14.4. The van der Waals surface area contributed by atoms with Gasteiger partial charge in [-0.1, -0.05) is 0 Å². The molecule has 0 amide bonds. The van der Waals surface area contributed by atoms with Gasteiger partial charge in [0.25, 0.3) is 0 Å². The van der Waals surface area contributed by atoms with Crippen molar-refractivity contribution in [2.24, 2.45) is 0 Å². The van der Waals surface area contributed by atoms with Crippen LogP contribution < -0.4 is 4.72 Å². The number of halogens is 1. The average molecular weight is 394 g/mol. The van der Waals surface area contributed by atoms with Gasteiger partial charge in [-0.2, -0.15) is 0 Å². The number of sulfonamides is 1. The van der Waals surface area contributed by atoms with E-state index in [0.29, 0.717) is 0 Å². The van der Waals surface area contributed by atoms with E-state index in [4.69, 9.17) is 9.52 Å². The van der Waals surface area contributed by atoms with E-state index in [1.807, 2.05) is 5.38 Å². The van der Waals surface area contributed by atoms with E-state index >= 15 is 0 Å². The lowest BCUT2D eigenvalue weighted by molar-refractivity contribution is 0.0691. The van der Waals surface area contributed by atoms with Gasteiger partial charge in [-0.15, -0.1) is 11.3 Å². The Morgan fingerprint density at radius 2 is 2.10 bits per heavy atom. The summed E-state index contributed by atoms with van der Waals surface area (Å²) >= 11 is 4.68. The third kappa shape index (κ3) is 3.37. The highest BCUT2D eigenvalue weighted by molar-refractivity contribution is 9.10. The van der Waals surface area contributed by atoms with Gasteiger partial charge in [0.05, 0.1) is 0 Å². The fourth-order valence-corrected chi connectivity index (χ4v) is 4.81. The summed E-state index contributed by atoms with van der Waals surface area (Å²) in [6.07, 6.45) is 0. The van der Waals surface area contributed by atoms with Gasteiger partial charge in [-0.05, 0) is 35.8 Å². The van der Waals surface area contributed by atoms with Crippen molar-refractivity contribution < 1.29 is 22.7 Å². The fraction of sp³-hybridized carbons (Fsp3) is 0.250. The Morgan fingerprint density at radius 3 is 2.62 bits per heavy atom. The fourth-order valence-electron chi connectivity index (χ4n) is 1.92. The SMILES string of the molecule is Cc1oc(C)c(S(=O)(=O)NCc2cc(Br)cs2)c1C(=O)O. The monoisotopic (exact) mass is 393 g/mol. The predicted octanol–water partition coefficient (Wildman–Crippen LogP) is 2.90. The maximum atomic E-state index is 12.3. The lowest BCUT2D eigenvalue weighted by atomic mass is 10.2. The lowest BCUT2D eigenvalue weighted by Gasteiger charge is -2.05. The smallest absolute Gasteiger partial charge is 0.340 e. The third-order valence-electron chi connectivity index (χ3n) is 2.75. The minimum atomic E-state index is -3.97. The number of carbonyl (C=O) groups is 1. The molecule has 114 valence electrons. The van der Waals surface area contributed by atoms with Crippen molar-refractivity contribution in [1.29, 1.82) is 0 Å². The van der Waals surface area contributed by atoms with Crippen LogP contribution in [0.4, 0.5) is 0 Å². The van der Waals surface area contributed by atoms with Crippen molar-refractivity contribution >= 4 is 43.3 Å². The van der Waals surface area contributed by atoms with Gasteiger partial charge in [0.2, 0.25) is 10.0 Å². The van der Waals surface area contributed by atoms with Gasteiger partial charge in [0.15, 0.2) is 0 Å². The summed E-state index contributed by atoms with van der Waals surface area (Å²) in [4.78, 5) is 11.7. The van der Waals surface area contributed by atoms with Crippen molar-refractivity contribution in [1.82, 2.24) is 4.72 Å². The second-order valence-electron chi connectivity index (χ2n) is 4.28. The lowest BCUT2D eigenvalue weighted by Crippen LogP contribution is -2.25. The zero-order chi connectivity index (χ0) is 15.8. The standard InChI is InChI=1S/C12H12BrNO5S2/c1-6-10(12(15)16)11(7(2)19-6)21(17,18)14-4-9-3-8(13)5-20-9/h3,5,14H,4H2,1-2H3,(H,15,16). The first-order valence-corrected chi connectivity index (χ1v) is 8.94. The van der Waals surface area contributed by atoms with E-state index in [-0.39, 0.29) is 28.5 Å². The number of rotatable bonds is 5. The number of thiophene rings is 1. The number of nitrogens with one attached hydrogen (secondary N) is 1. The van der Waals surface area contributed by atoms with Crippen LogP contribution in [0.2, 0.25) is 0 Å². The maximum Gasteiger partial charge on any atom is 0.340 e. The van der Waals surface area contributed by atoms with Crippen LogP contribution in [-0.2, 0) is 16.6 Å². The number of aromatic carboxylic acids is 1. The summed E-state index contributed by atoms with van der Waals surface area (Å²) in [5, 5.41) is 11.0. The number of carboxylic acids is 1. The molecule has 0 aliphatic carbocycles. The van der Waals surface area contributed by atoms with E-state index in [1.165, 1.54) is 25.2 Å². The molecule has 21 heavy (non-hydrogen) atoms. The quantitative estimate of drug-likeness (QED) is 0.813. The molecule has 2 rings (SSSR count). The number of hydrogen-bond donors (Lipinski definition) is 2. The van der Waals surface area contributed by atoms with E-state index in [1.54, 1.807) is 6.07 Å². The van der Waals surface area contributed by atoms with Crippen LogP contribution in [0.3, 0.4) is 0 Å². The second-order valence-corrected chi connectivity index (χ2v) is 7.89. The summed E-state index contributed by atoms with van der Waals surface area (Å²) in [6.45, 7) is 2.93. The molecule has 6 nitrogen and oxygen atoms in total. The Morgan fingerprint density at radius 1 is 1.43 bits per heavy atom. The molecule has 0 unspecified atom stereocenters. The van der Waals surface area contributed by atoms with Crippen molar-refractivity contribution in [3.8, 4) is 0 Å². The zero-order valence-electron chi connectivity index (χ0n) is 11.1. The molecule has 0 aromatic carbocycles. The topological polar surface area (TPSA) is 96.6 Å².